The van der Waals surface area contributed by atoms with Crippen molar-refractivity contribution in [2.24, 2.45) is 11.3 Å². The molecule has 0 saturated heterocycles. The third-order valence-electron chi connectivity index (χ3n) is 3.86. The summed E-state index contributed by atoms with van der Waals surface area (Å²) in [6.45, 7) is 2.19. The lowest BCUT2D eigenvalue weighted by Gasteiger charge is -2.14. The lowest BCUT2D eigenvalue weighted by atomic mass is 10.0. The fraction of sp³-hybridized carbons (Fsp3) is 0.615. The summed E-state index contributed by atoms with van der Waals surface area (Å²) in [6.07, 6.45) is 9.65. The molecule has 15 heavy (non-hydrogen) atoms. The molecule has 0 aromatic carbocycles. The van der Waals surface area contributed by atoms with Gasteiger partial charge in [-0.2, -0.15) is 0 Å². The smallest absolute Gasteiger partial charge is 0.0312 e. The SMILES string of the molecule is c1cncc(CNCC2(C3CC3)CC2)c1. The van der Waals surface area contributed by atoms with E-state index in [0.29, 0.717) is 5.41 Å². The zero-order valence-corrected chi connectivity index (χ0v) is 9.08. The molecule has 0 unspecified atom stereocenters. The highest BCUT2D eigenvalue weighted by Crippen LogP contribution is 2.60. The minimum atomic E-state index is 0.711. The first-order chi connectivity index (χ1) is 7.39. The predicted octanol–water partition coefficient (Wildman–Crippen LogP) is 2.36. The normalized spacial score (nSPS) is 22.7. The second-order valence-electron chi connectivity index (χ2n) is 5.10. The van der Waals surface area contributed by atoms with Crippen LogP contribution in [0.1, 0.15) is 31.2 Å². The standard InChI is InChI=1S/C13H18N2/c1-2-11(8-14-7-1)9-15-10-13(5-6-13)12-3-4-12/h1-2,7-8,12,15H,3-6,9-10H2. The summed E-state index contributed by atoms with van der Waals surface area (Å²) >= 11 is 0. The summed E-state index contributed by atoms with van der Waals surface area (Å²) in [5.41, 5.74) is 2.01. The average molecular weight is 202 g/mol. The van der Waals surface area contributed by atoms with Gasteiger partial charge in [-0.05, 0) is 48.6 Å². The van der Waals surface area contributed by atoms with Crippen molar-refractivity contribution in [3.8, 4) is 0 Å². The summed E-state index contributed by atoms with van der Waals surface area (Å²) < 4.78 is 0. The van der Waals surface area contributed by atoms with E-state index in [2.05, 4.69) is 16.4 Å². The second kappa shape index (κ2) is 3.60. The molecule has 1 aromatic rings. The lowest BCUT2D eigenvalue weighted by molar-refractivity contribution is 0.403. The van der Waals surface area contributed by atoms with E-state index in [0.717, 1.165) is 12.5 Å². The molecule has 1 aromatic heterocycles. The Labute approximate surface area is 91.1 Å². The van der Waals surface area contributed by atoms with Gasteiger partial charge in [0.2, 0.25) is 0 Å². The number of hydrogen-bond donors (Lipinski definition) is 1. The van der Waals surface area contributed by atoms with Crippen molar-refractivity contribution in [3.05, 3.63) is 30.1 Å². The van der Waals surface area contributed by atoms with Crippen LogP contribution in [0, 0.1) is 11.3 Å². The van der Waals surface area contributed by atoms with Crippen LogP contribution in [-0.4, -0.2) is 11.5 Å². The van der Waals surface area contributed by atoms with Gasteiger partial charge in [0, 0.05) is 25.5 Å². The van der Waals surface area contributed by atoms with Gasteiger partial charge in [-0.3, -0.25) is 4.98 Å². The number of hydrogen-bond acceptors (Lipinski definition) is 2. The lowest BCUT2D eigenvalue weighted by Crippen LogP contribution is -2.25. The fourth-order valence-corrected chi connectivity index (χ4v) is 2.54. The number of pyridine rings is 1. The molecule has 2 nitrogen and oxygen atoms in total. The van der Waals surface area contributed by atoms with Gasteiger partial charge in [0.15, 0.2) is 0 Å². The molecule has 3 rings (SSSR count). The van der Waals surface area contributed by atoms with E-state index in [1.165, 1.54) is 37.8 Å². The van der Waals surface area contributed by atoms with Crippen LogP contribution in [0.2, 0.25) is 0 Å². The van der Waals surface area contributed by atoms with Crippen LogP contribution in [0.15, 0.2) is 24.5 Å². The van der Waals surface area contributed by atoms with Crippen molar-refractivity contribution in [2.45, 2.75) is 32.2 Å². The number of nitrogens with zero attached hydrogens (tertiary/aromatic N) is 1. The molecule has 2 fully saturated rings. The van der Waals surface area contributed by atoms with Crippen molar-refractivity contribution < 1.29 is 0 Å². The zero-order valence-electron chi connectivity index (χ0n) is 9.08. The third kappa shape index (κ3) is 2.05. The van der Waals surface area contributed by atoms with E-state index >= 15 is 0 Å². The molecule has 0 amide bonds. The van der Waals surface area contributed by atoms with Crippen LogP contribution in [0.4, 0.5) is 0 Å². The molecule has 0 spiro atoms. The van der Waals surface area contributed by atoms with Crippen LogP contribution >= 0.6 is 0 Å². The minimum Gasteiger partial charge on any atom is -0.312 e. The summed E-state index contributed by atoms with van der Waals surface area (Å²) in [5.74, 6) is 1.05. The molecular formula is C13H18N2. The van der Waals surface area contributed by atoms with Crippen molar-refractivity contribution in [2.75, 3.05) is 6.54 Å². The zero-order chi connectivity index (χ0) is 10.1. The van der Waals surface area contributed by atoms with Crippen LogP contribution in [0.25, 0.3) is 0 Å². The van der Waals surface area contributed by atoms with E-state index in [1.54, 1.807) is 0 Å². The first-order valence-corrected chi connectivity index (χ1v) is 5.99. The first-order valence-electron chi connectivity index (χ1n) is 5.99. The second-order valence-corrected chi connectivity index (χ2v) is 5.10. The van der Waals surface area contributed by atoms with Crippen LogP contribution in [-0.2, 0) is 6.54 Å². The van der Waals surface area contributed by atoms with E-state index in [4.69, 9.17) is 0 Å². The third-order valence-corrected chi connectivity index (χ3v) is 3.86. The molecule has 2 aliphatic rings. The van der Waals surface area contributed by atoms with Gasteiger partial charge in [0.1, 0.15) is 0 Å². The van der Waals surface area contributed by atoms with Crippen LogP contribution < -0.4 is 5.32 Å². The van der Waals surface area contributed by atoms with Gasteiger partial charge in [0.25, 0.3) is 0 Å². The Morgan fingerprint density at radius 3 is 2.87 bits per heavy atom. The Bertz CT molecular complexity index is 326. The molecule has 0 bridgehead atoms. The van der Waals surface area contributed by atoms with Crippen LogP contribution in [0.3, 0.4) is 0 Å². The Morgan fingerprint density at radius 1 is 1.40 bits per heavy atom. The van der Waals surface area contributed by atoms with Gasteiger partial charge < -0.3 is 5.32 Å². The number of nitrogens with one attached hydrogen (secondary N) is 1. The summed E-state index contributed by atoms with van der Waals surface area (Å²) in [6, 6.07) is 4.14. The summed E-state index contributed by atoms with van der Waals surface area (Å²) in [7, 11) is 0. The molecule has 2 heteroatoms. The maximum Gasteiger partial charge on any atom is 0.0312 e. The quantitative estimate of drug-likeness (QED) is 0.793. The first kappa shape index (κ1) is 9.34. The predicted molar refractivity (Wildman–Crippen MR) is 60.3 cm³/mol. The van der Waals surface area contributed by atoms with Gasteiger partial charge in [-0.1, -0.05) is 6.07 Å². The molecule has 1 N–H and O–H groups in total. The molecule has 0 radical (unpaired) electrons. The molecular weight excluding hydrogens is 184 g/mol. The van der Waals surface area contributed by atoms with Crippen molar-refractivity contribution in [1.29, 1.82) is 0 Å². The highest BCUT2D eigenvalue weighted by Gasteiger charge is 2.53. The van der Waals surface area contributed by atoms with E-state index < -0.39 is 0 Å². The van der Waals surface area contributed by atoms with Gasteiger partial charge >= 0.3 is 0 Å². The fourth-order valence-electron chi connectivity index (χ4n) is 2.54. The molecule has 1 heterocycles. The Kier molecular flexibility index (Phi) is 2.24. The largest absolute Gasteiger partial charge is 0.312 e. The van der Waals surface area contributed by atoms with E-state index in [1.807, 2.05) is 18.5 Å². The monoisotopic (exact) mass is 202 g/mol. The van der Waals surface area contributed by atoms with Crippen molar-refractivity contribution in [1.82, 2.24) is 10.3 Å². The van der Waals surface area contributed by atoms with E-state index in [9.17, 15) is 0 Å². The topological polar surface area (TPSA) is 24.9 Å². The maximum atomic E-state index is 4.12. The van der Waals surface area contributed by atoms with Gasteiger partial charge in [-0.25, -0.2) is 0 Å². The molecule has 2 saturated carbocycles. The minimum absolute atomic E-state index is 0.711. The molecule has 80 valence electrons. The number of aromatic nitrogens is 1. The Hall–Kier alpha value is -0.890. The molecule has 2 aliphatic carbocycles. The molecule has 0 atom stereocenters. The number of rotatable bonds is 5. The van der Waals surface area contributed by atoms with Crippen LogP contribution in [0.5, 0.6) is 0 Å². The average Bonchev–Trinajstić information content (AvgIpc) is 3.14. The maximum absolute atomic E-state index is 4.12. The molecule has 0 aliphatic heterocycles. The highest BCUT2D eigenvalue weighted by molar-refractivity contribution is 5.09. The van der Waals surface area contributed by atoms with E-state index in [-0.39, 0.29) is 0 Å². The van der Waals surface area contributed by atoms with Crippen molar-refractivity contribution in [3.63, 3.8) is 0 Å². The van der Waals surface area contributed by atoms with Crippen molar-refractivity contribution >= 4 is 0 Å². The Balaban J connectivity index is 1.47. The Morgan fingerprint density at radius 2 is 2.27 bits per heavy atom. The summed E-state index contributed by atoms with van der Waals surface area (Å²) in [4.78, 5) is 4.12. The van der Waals surface area contributed by atoms with Gasteiger partial charge in [-0.15, -0.1) is 0 Å². The summed E-state index contributed by atoms with van der Waals surface area (Å²) in [5, 5.41) is 3.59. The van der Waals surface area contributed by atoms with Gasteiger partial charge in [0.05, 0.1) is 0 Å². The highest BCUT2D eigenvalue weighted by atomic mass is 14.9.